The Balaban J connectivity index is 1.73. The number of aromatic nitrogens is 3. The summed E-state index contributed by atoms with van der Waals surface area (Å²) in [4.78, 5) is 45.3. The summed E-state index contributed by atoms with van der Waals surface area (Å²) in [6, 6.07) is 8.47. The van der Waals surface area contributed by atoms with Gasteiger partial charge in [0, 0.05) is 41.6 Å². The van der Waals surface area contributed by atoms with Crippen LogP contribution < -0.4 is 15.7 Å². The molecule has 0 saturated carbocycles. The molecule has 0 radical (unpaired) electrons. The third kappa shape index (κ3) is 5.46. The number of hydrogen-bond acceptors (Lipinski definition) is 5. The molecular formula is C23H27N5O4. The predicted molar refractivity (Wildman–Crippen MR) is 119 cm³/mol. The molecule has 0 aliphatic heterocycles. The van der Waals surface area contributed by atoms with Crippen molar-refractivity contribution in [2.45, 2.75) is 39.2 Å². The van der Waals surface area contributed by atoms with E-state index in [4.69, 9.17) is 4.74 Å². The number of benzene rings is 1. The van der Waals surface area contributed by atoms with E-state index >= 15 is 0 Å². The Morgan fingerprint density at radius 1 is 1.25 bits per heavy atom. The van der Waals surface area contributed by atoms with Crippen molar-refractivity contribution in [3.8, 4) is 11.8 Å². The number of nitrogens with zero attached hydrogens (tertiary/aromatic N) is 1. The smallest absolute Gasteiger partial charge is 0.323 e. The standard InChI is InChI=1S/C23H27N5O4/c1-13(2)7-14(22(30)26-15(11-24)9-16-12-25-23(31)27-16)8-20(29)19-10-17-18(28-19)5-4-6-21(17)32-3/h4-6,10,12-15,28H,7-9H2,1-3H3,(H,26,30)(H2,25,27,31). The molecule has 1 amide bonds. The van der Waals surface area contributed by atoms with Gasteiger partial charge in [0.2, 0.25) is 5.91 Å². The molecule has 0 bridgehead atoms. The molecule has 168 valence electrons. The maximum atomic E-state index is 13.0. The Hall–Kier alpha value is -3.80. The predicted octanol–water partition coefficient (Wildman–Crippen LogP) is 2.68. The zero-order valence-corrected chi connectivity index (χ0v) is 18.3. The summed E-state index contributed by atoms with van der Waals surface area (Å²) >= 11 is 0. The van der Waals surface area contributed by atoms with Gasteiger partial charge in [0.1, 0.15) is 11.8 Å². The number of aromatic amines is 3. The number of methoxy groups -OCH3 is 1. The molecule has 2 aromatic heterocycles. The molecule has 2 atom stereocenters. The van der Waals surface area contributed by atoms with Gasteiger partial charge >= 0.3 is 5.69 Å². The first-order valence-corrected chi connectivity index (χ1v) is 10.5. The summed E-state index contributed by atoms with van der Waals surface area (Å²) < 4.78 is 5.35. The maximum Gasteiger partial charge on any atom is 0.323 e. The van der Waals surface area contributed by atoms with Crippen LogP contribution >= 0.6 is 0 Å². The second-order valence-electron chi connectivity index (χ2n) is 8.22. The van der Waals surface area contributed by atoms with Gasteiger partial charge in [0.05, 0.1) is 18.9 Å². The number of ketones is 1. The molecule has 4 N–H and O–H groups in total. The number of rotatable bonds is 10. The average molecular weight is 438 g/mol. The van der Waals surface area contributed by atoms with Gasteiger partial charge in [0.25, 0.3) is 0 Å². The van der Waals surface area contributed by atoms with Crippen molar-refractivity contribution in [1.29, 1.82) is 5.26 Å². The van der Waals surface area contributed by atoms with Crippen LogP contribution in [0.1, 0.15) is 42.9 Å². The number of ether oxygens (including phenoxy) is 1. The lowest BCUT2D eigenvalue weighted by Crippen LogP contribution is -2.40. The second-order valence-corrected chi connectivity index (χ2v) is 8.22. The SMILES string of the molecule is COc1cccc2[nH]c(C(=O)CC(CC(C)C)C(=O)NC(C#N)Cc3c[nH]c(=O)[nH]3)cc12. The molecule has 9 nitrogen and oxygen atoms in total. The van der Waals surface area contributed by atoms with E-state index in [2.05, 4.69) is 20.3 Å². The summed E-state index contributed by atoms with van der Waals surface area (Å²) in [6.45, 7) is 3.95. The van der Waals surface area contributed by atoms with Gasteiger partial charge < -0.3 is 25.0 Å². The highest BCUT2D eigenvalue weighted by atomic mass is 16.5. The zero-order valence-electron chi connectivity index (χ0n) is 18.3. The van der Waals surface area contributed by atoms with E-state index < -0.39 is 12.0 Å². The minimum absolute atomic E-state index is 0.0122. The molecule has 3 aromatic rings. The summed E-state index contributed by atoms with van der Waals surface area (Å²) in [5, 5.41) is 13.0. The molecular weight excluding hydrogens is 410 g/mol. The van der Waals surface area contributed by atoms with Gasteiger partial charge in [-0.25, -0.2) is 4.79 Å². The second kappa shape index (κ2) is 10.0. The van der Waals surface area contributed by atoms with Gasteiger partial charge in [-0.1, -0.05) is 19.9 Å². The van der Waals surface area contributed by atoms with E-state index in [-0.39, 0.29) is 36.1 Å². The number of nitriles is 1. The van der Waals surface area contributed by atoms with E-state index in [9.17, 15) is 19.6 Å². The number of nitrogens with one attached hydrogen (secondary N) is 4. The topological polar surface area (TPSA) is 144 Å². The van der Waals surface area contributed by atoms with Crippen LogP contribution in [0.25, 0.3) is 10.9 Å². The fourth-order valence-corrected chi connectivity index (χ4v) is 3.76. The van der Waals surface area contributed by atoms with Crippen molar-refractivity contribution < 1.29 is 14.3 Å². The maximum absolute atomic E-state index is 13.0. The van der Waals surface area contributed by atoms with Crippen molar-refractivity contribution >= 4 is 22.6 Å². The van der Waals surface area contributed by atoms with Crippen LogP contribution in [0.4, 0.5) is 0 Å². The van der Waals surface area contributed by atoms with Crippen LogP contribution in [0.2, 0.25) is 0 Å². The molecule has 0 saturated heterocycles. The van der Waals surface area contributed by atoms with E-state index in [0.29, 0.717) is 23.6 Å². The van der Waals surface area contributed by atoms with Crippen LogP contribution in [-0.4, -0.2) is 39.8 Å². The first-order chi connectivity index (χ1) is 15.3. The summed E-state index contributed by atoms with van der Waals surface area (Å²) in [5.41, 5.74) is 1.34. The number of amides is 1. The van der Waals surface area contributed by atoms with Gasteiger partial charge in [-0.2, -0.15) is 5.26 Å². The van der Waals surface area contributed by atoms with Crippen LogP contribution in [0.5, 0.6) is 5.75 Å². The number of imidazole rings is 1. The highest BCUT2D eigenvalue weighted by molar-refractivity contribution is 6.02. The van der Waals surface area contributed by atoms with Crippen LogP contribution in [-0.2, 0) is 11.2 Å². The lowest BCUT2D eigenvalue weighted by atomic mass is 9.90. The monoisotopic (exact) mass is 437 g/mol. The van der Waals surface area contributed by atoms with Crippen molar-refractivity contribution in [2.24, 2.45) is 11.8 Å². The summed E-state index contributed by atoms with van der Waals surface area (Å²) in [5.74, 6) is -0.286. The van der Waals surface area contributed by atoms with Crippen molar-refractivity contribution in [2.75, 3.05) is 7.11 Å². The lowest BCUT2D eigenvalue weighted by Gasteiger charge is -2.20. The normalized spacial score (nSPS) is 13.0. The molecule has 0 fully saturated rings. The van der Waals surface area contributed by atoms with Gasteiger partial charge in [-0.3, -0.25) is 9.59 Å². The summed E-state index contributed by atoms with van der Waals surface area (Å²) in [6.07, 6.45) is 2.14. The Morgan fingerprint density at radius 2 is 2.03 bits per heavy atom. The number of hydrogen-bond donors (Lipinski definition) is 4. The van der Waals surface area contributed by atoms with Gasteiger partial charge in [0.15, 0.2) is 5.78 Å². The molecule has 9 heteroatoms. The fraction of sp³-hybridized carbons (Fsp3) is 0.391. The summed E-state index contributed by atoms with van der Waals surface area (Å²) in [7, 11) is 1.57. The molecule has 2 unspecified atom stereocenters. The van der Waals surface area contributed by atoms with Crippen molar-refractivity contribution in [3.05, 3.63) is 52.3 Å². The number of H-pyrrole nitrogens is 3. The molecule has 0 aliphatic rings. The minimum Gasteiger partial charge on any atom is -0.496 e. The molecule has 1 aromatic carbocycles. The number of fused-ring (bicyclic) bond motifs is 1. The zero-order chi connectivity index (χ0) is 23.3. The van der Waals surface area contributed by atoms with Crippen molar-refractivity contribution in [1.82, 2.24) is 20.3 Å². The fourth-order valence-electron chi connectivity index (χ4n) is 3.76. The van der Waals surface area contributed by atoms with E-state index in [1.165, 1.54) is 6.20 Å². The van der Waals surface area contributed by atoms with E-state index in [1.54, 1.807) is 13.2 Å². The first kappa shape index (κ1) is 22.9. The highest BCUT2D eigenvalue weighted by Crippen LogP contribution is 2.27. The van der Waals surface area contributed by atoms with Gasteiger partial charge in [-0.15, -0.1) is 0 Å². The molecule has 2 heterocycles. The first-order valence-electron chi connectivity index (χ1n) is 10.5. The van der Waals surface area contributed by atoms with E-state index in [1.807, 2.05) is 38.1 Å². The number of carbonyl (C=O) groups excluding carboxylic acids is 2. The lowest BCUT2D eigenvalue weighted by molar-refractivity contribution is -0.125. The number of carbonyl (C=O) groups is 2. The molecule has 0 aliphatic carbocycles. The quantitative estimate of drug-likeness (QED) is 0.361. The van der Waals surface area contributed by atoms with Crippen molar-refractivity contribution in [3.63, 3.8) is 0 Å². The molecule has 3 rings (SSSR count). The van der Waals surface area contributed by atoms with E-state index in [0.717, 1.165) is 10.9 Å². The van der Waals surface area contributed by atoms with Gasteiger partial charge in [-0.05, 0) is 30.5 Å². The highest BCUT2D eigenvalue weighted by Gasteiger charge is 2.26. The third-order valence-electron chi connectivity index (χ3n) is 5.25. The number of Topliss-reactive ketones (excluding diaryl/α,β-unsaturated/α-hetero) is 1. The Kier molecular flexibility index (Phi) is 7.15. The largest absolute Gasteiger partial charge is 0.496 e. The Bertz CT molecular complexity index is 1200. The molecule has 0 spiro atoms. The average Bonchev–Trinajstić information content (AvgIpc) is 3.38. The van der Waals surface area contributed by atoms with Crippen LogP contribution in [0.15, 0.2) is 35.3 Å². The Morgan fingerprint density at radius 3 is 2.66 bits per heavy atom. The molecule has 32 heavy (non-hydrogen) atoms. The van der Waals surface area contributed by atoms with Crippen LogP contribution in [0, 0.1) is 23.2 Å². The van der Waals surface area contributed by atoms with Crippen LogP contribution in [0.3, 0.4) is 0 Å². The Labute approximate surface area is 185 Å². The minimum atomic E-state index is -0.823. The third-order valence-corrected chi connectivity index (χ3v) is 5.25.